The van der Waals surface area contributed by atoms with Gasteiger partial charge in [-0.15, -0.1) is 11.6 Å². The van der Waals surface area contributed by atoms with E-state index >= 15 is 0 Å². The van der Waals surface area contributed by atoms with Gasteiger partial charge in [0.1, 0.15) is 0 Å². The number of anilines is 1. The van der Waals surface area contributed by atoms with Crippen LogP contribution >= 0.6 is 11.6 Å². The molecule has 0 saturated heterocycles. The van der Waals surface area contributed by atoms with E-state index in [1.54, 1.807) is 18.5 Å². The van der Waals surface area contributed by atoms with Crippen molar-refractivity contribution in [2.75, 3.05) is 11.2 Å². The van der Waals surface area contributed by atoms with Crippen molar-refractivity contribution < 1.29 is 0 Å². The van der Waals surface area contributed by atoms with Crippen LogP contribution in [-0.2, 0) is 0 Å². The van der Waals surface area contributed by atoms with Crippen LogP contribution in [0.3, 0.4) is 0 Å². The van der Waals surface area contributed by atoms with E-state index in [0.29, 0.717) is 11.8 Å². The van der Waals surface area contributed by atoms with Crippen molar-refractivity contribution in [2.24, 2.45) is 5.41 Å². The molecule has 1 aromatic heterocycles. The lowest BCUT2D eigenvalue weighted by atomic mass is 9.85. The Kier molecular flexibility index (Phi) is 4.33. The normalized spacial score (nSPS) is 13.6. The third-order valence-electron chi connectivity index (χ3n) is 2.31. The van der Waals surface area contributed by atoms with Crippen LogP contribution in [0.4, 0.5) is 5.95 Å². The molecule has 1 unspecified atom stereocenters. The highest BCUT2D eigenvalue weighted by molar-refractivity contribution is 6.17. The minimum absolute atomic E-state index is 0.147. The lowest BCUT2D eigenvalue weighted by Crippen LogP contribution is -2.35. The molecule has 1 heterocycles. The van der Waals surface area contributed by atoms with Gasteiger partial charge in [0.25, 0.3) is 0 Å². The summed E-state index contributed by atoms with van der Waals surface area (Å²) in [6.45, 7) is 6.54. The van der Waals surface area contributed by atoms with Crippen LogP contribution in [-0.4, -0.2) is 21.9 Å². The number of hydrogen-bond donors (Lipinski definition) is 1. The first-order chi connectivity index (χ1) is 7.04. The van der Waals surface area contributed by atoms with Crippen molar-refractivity contribution in [3.8, 4) is 0 Å². The number of halogens is 1. The first-order valence-electron chi connectivity index (χ1n) is 5.13. The molecule has 0 fully saturated rings. The molecule has 0 aliphatic heterocycles. The zero-order valence-electron chi connectivity index (χ0n) is 9.50. The van der Waals surface area contributed by atoms with Crippen molar-refractivity contribution >= 4 is 17.5 Å². The van der Waals surface area contributed by atoms with E-state index in [4.69, 9.17) is 11.6 Å². The predicted octanol–water partition coefficient (Wildman–Crippen LogP) is 2.93. The van der Waals surface area contributed by atoms with Gasteiger partial charge in [0, 0.05) is 24.3 Å². The number of nitrogens with zero attached hydrogens (tertiary/aromatic N) is 2. The van der Waals surface area contributed by atoms with Crippen LogP contribution < -0.4 is 5.32 Å². The summed E-state index contributed by atoms with van der Waals surface area (Å²) in [4.78, 5) is 8.30. The molecule has 1 aromatic rings. The average molecular weight is 228 g/mol. The summed E-state index contributed by atoms with van der Waals surface area (Å²) in [5.74, 6) is 1.31. The Hall–Kier alpha value is -0.830. The second-order valence-corrected chi connectivity index (χ2v) is 4.99. The van der Waals surface area contributed by atoms with Gasteiger partial charge < -0.3 is 5.32 Å². The number of aromatic nitrogens is 2. The fraction of sp³-hybridized carbons (Fsp3) is 0.636. The Morgan fingerprint density at radius 3 is 2.40 bits per heavy atom. The fourth-order valence-corrected chi connectivity index (χ4v) is 1.58. The maximum absolute atomic E-state index is 5.79. The topological polar surface area (TPSA) is 37.8 Å². The Bertz CT molecular complexity index is 282. The highest BCUT2D eigenvalue weighted by Gasteiger charge is 2.24. The summed E-state index contributed by atoms with van der Waals surface area (Å²) in [5.41, 5.74) is 0.147. The molecule has 84 valence electrons. The summed E-state index contributed by atoms with van der Waals surface area (Å²) in [7, 11) is 0. The van der Waals surface area contributed by atoms with Crippen LogP contribution in [0.1, 0.15) is 27.2 Å². The molecule has 0 bridgehead atoms. The molecule has 0 radical (unpaired) electrons. The van der Waals surface area contributed by atoms with Gasteiger partial charge in [-0.3, -0.25) is 0 Å². The largest absolute Gasteiger partial charge is 0.351 e. The molecule has 4 heteroatoms. The maximum atomic E-state index is 5.79. The molecule has 0 saturated carbocycles. The summed E-state index contributed by atoms with van der Waals surface area (Å²) in [6, 6.07) is 2.09. The molecule has 1 rings (SSSR count). The van der Waals surface area contributed by atoms with Crippen LogP contribution in [0, 0.1) is 5.41 Å². The fourth-order valence-electron chi connectivity index (χ4n) is 1.36. The van der Waals surface area contributed by atoms with E-state index in [1.807, 2.05) is 0 Å². The van der Waals surface area contributed by atoms with Gasteiger partial charge >= 0.3 is 0 Å². The lowest BCUT2D eigenvalue weighted by molar-refractivity contribution is 0.333. The van der Waals surface area contributed by atoms with Crippen LogP contribution in [0.25, 0.3) is 0 Å². The van der Waals surface area contributed by atoms with E-state index in [2.05, 4.69) is 36.1 Å². The van der Waals surface area contributed by atoms with Gasteiger partial charge in [0.05, 0.1) is 0 Å². The Balaban J connectivity index is 2.67. The van der Waals surface area contributed by atoms with Crippen molar-refractivity contribution in [3.63, 3.8) is 0 Å². The van der Waals surface area contributed by atoms with E-state index in [9.17, 15) is 0 Å². The van der Waals surface area contributed by atoms with Crippen molar-refractivity contribution in [3.05, 3.63) is 18.5 Å². The standard InChI is InChI=1S/C11H18ClN3/c1-11(2,3)9(5-6-12)15-10-13-7-4-8-14-10/h4,7-9H,5-6H2,1-3H3,(H,13,14,15). The first kappa shape index (κ1) is 12.2. The van der Waals surface area contributed by atoms with E-state index < -0.39 is 0 Å². The van der Waals surface area contributed by atoms with E-state index in [-0.39, 0.29) is 11.5 Å². The molecule has 0 aliphatic rings. The van der Waals surface area contributed by atoms with E-state index in [1.165, 1.54) is 0 Å². The van der Waals surface area contributed by atoms with Crippen LogP contribution in [0.15, 0.2) is 18.5 Å². The van der Waals surface area contributed by atoms with Crippen molar-refractivity contribution in [2.45, 2.75) is 33.2 Å². The third-order valence-corrected chi connectivity index (χ3v) is 2.53. The SMILES string of the molecule is CC(C)(C)C(CCCl)Nc1ncccn1. The van der Waals surface area contributed by atoms with Crippen molar-refractivity contribution in [1.82, 2.24) is 9.97 Å². The number of nitrogens with one attached hydrogen (secondary N) is 1. The second kappa shape index (κ2) is 5.31. The Morgan fingerprint density at radius 1 is 1.33 bits per heavy atom. The lowest BCUT2D eigenvalue weighted by Gasteiger charge is -2.31. The van der Waals surface area contributed by atoms with Gasteiger partial charge in [0.2, 0.25) is 5.95 Å². The molecule has 15 heavy (non-hydrogen) atoms. The average Bonchev–Trinajstić information content (AvgIpc) is 2.17. The van der Waals surface area contributed by atoms with E-state index in [0.717, 1.165) is 6.42 Å². The third kappa shape index (κ3) is 4.04. The molecular formula is C11H18ClN3. The van der Waals surface area contributed by atoms with Crippen LogP contribution in [0.5, 0.6) is 0 Å². The molecule has 0 aromatic carbocycles. The Morgan fingerprint density at radius 2 is 1.93 bits per heavy atom. The predicted molar refractivity (Wildman–Crippen MR) is 64.2 cm³/mol. The monoisotopic (exact) mass is 227 g/mol. The van der Waals surface area contributed by atoms with Gasteiger partial charge in [-0.05, 0) is 17.9 Å². The summed E-state index contributed by atoms with van der Waals surface area (Å²) >= 11 is 5.79. The molecule has 3 nitrogen and oxygen atoms in total. The molecule has 0 spiro atoms. The summed E-state index contributed by atoms with van der Waals surface area (Å²) in [6.07, 6.45) is 4.37. The molecule has 1 N–H and O–H groups in total. The quantitative estimate of drug-likeness (QED) is 0.804. The zero-order valence-corrected chi connectivity index (χ0v) is 10.3. The Labute approximate surface area is 96.3 Å². The van der Waals surface area contributed by atoms with Gasteiger partial charge in [0.15, 0.2) is 0 Å². The van der Waals surface area contributed by atoms with Gasteiger partial charge in [-0.1, -0.05) is 20.8 Å². The van der Waals surface area contributed by atoms with Gasteiger partial charge in [-0.2, -0.15) is 0 Å². The second-order valence-electron chi connectivity index (χ2n) is 4.61. The highest BCUT2D eigenvalue weighted by Crippen LogP contribution is 2.24. The molecule has 0 aliphatic carbocycles. The maximum Gasteiger partial charge on any atom is 0.222 e. The summed E-state index contributed by atoms with van der Waals surface area (Å²) in [5, 5.41) is 3.31. The smallest absolute Gasteiger partial charge is 0.222 e. The minimum Gasteiger partial charge on any atom is -0.351 e. The number of hydrogen-bond acceptors (Lipinski definition) is 3. The molecule has 0 amide bonds. The van der Waals surface area contributed by atoms with Gasteiger partial charge in [-0.25, -0.2) is 9.97 Å². The van der Waals surface area contributed by atoms with Crippen molar-refractivity contribution in [1.29, 1.82) is 0 Å². The minimum atomic E-state index is 0.147. The molecular weight excluding hydrogens is 210 g/mol. The number of rotatable bonds is 4. The van der Waals surface area contributed by atoms with Crippen LogP contribution in [0.2, 0.25) is 0 Å². The highest BCUT2D eigenvalue weighted by atomic mass is 35.5. The zero-order chi connectivity index (χ0) is 11.3. The summed E-state index contributed by atoms with van der Waals surface area (Å²) < 4.78 is 0. The number of alkyl halides is 1. The first-order valence-corrected chi connectivity index (χ1v) is 5.67. The molecule has 1 atom stereocenters.